The molecular formula is C13H19NO3. The van der Waals surface area contributed by atoms with E-state index in [-0.39, 0.29) is 17.8 Å². The number of aromatic hydroxyl groups is 1. The lowest BCUT2D eigenvalue weighted by Gasteiger charge is -2.20. The molecule has 0 aliphatic carbocycles. The summed E-state index contributed by atoms with van der Waals surface area (Å²) in [5.74, 6) is -0.276. The van der Waals surface area contributed by atoms with Crippen LogP contribution in [-0.2, 0) is 9.53 Å². The second-order valence-electron chi connectivity index (χ2n) is 4.07. The summed E-state index contributed by atoms with van der Waals surface area (Å²) in [6.07, 6.45) is 0. The van der Waals surface area contributed by atoms with Crippen LogP contribution in [0.3, 0.4) is 0 Å². The minimum Gasteiger partial charge on any atom is -0.508 e. The fourth-order valence-corrected chi connectivity index (χ4v) is 1.58. The Bertz CT molecular complexity index is 377. The van der Waals surface area contributed by atoms with Crippen molar-refractivity contribution in [3.63, 3.8) is 0 Å². The van der Waals surface area contributed by atoms with Gasteiger partial charge in [0.1, 0.15) is 11.8 Å². The molecule has 0 saturated heterocycles. The number of carbonyl (C=O) groups is 1. The Morgan fingerprint density at radius 3 is 2.59 bits per heavy atom. The zero-order valence-electron chi connectivity index (χ0n) is 10.4. The van der Waals surface area contributed by atoms with Gasteiger partial charge in [-0.3, -0.25) is 5.32 Å². The van der Waals surface area contributed by atoms with E-state index in [1.807, 2.05) is 13.8 Å². The highest BCUT2D eigenvalue weighted by atomic mass is 16.5. The van der Waals surface area contributed by atoms with Crippen molar-refractivity contribution in [3.8, 4) is 5.75 Å². The van der Waals surface area contributed by atoms with Gasteiger partial charge in [-0.15, -0.1) is 0 Å². The molecule has 2 N–H and O–H groups in total. The third-order valence-corrected chi connectivity index (χ3v) is 2.27. The van der Waals surface area contributed by atoms with Gasteiger partial charge < -0.3 is 9.84 Å². The van der Waals surface area contributed by atoms with E-state index in [0.29, 0.717) is 12.2 Å². The second kappa shape index (κ2) is 6.25. The number of hydrogen-bond acceptors (Lipinski definition) is 4. The van der Waals surface area contributed by atoms with E-state index < -0.39 is 6.04 Å². The molecule has 1 rings (SSSR count). The first-order chi connectivity index (χ1) is 8.06. The fourth-order valence-electron chi connectivity index (χ4n) is 1.58. The molecule has 4 heteroatoms. The Morgan fingerprint density at radius 2 is 2.06 bits per heavy atom. The first-order valence-corrected chi connectivity index (χ1v) is 5.76. The highest BCUT2D eigenvalue weighted by molar-refractivity contribution is 5.78. The number of carbonyl (C=O) groups excluding carboxylic acids is 1. The van der Waals surface area contributed by atoms with Crippen molar-refractivity contribution in [1.82, 2.24) is 5.32 Å². The molecule has 17 heavy (non-hydrogen) atoms. The van der Waals surface area contributed by atoms with E-state index in [2.05, 4.69) is 5.32 Å². The Balaban J connectivity index is 2.97. The number of rotatable bonds is 5. The van der Waals surface area contributed by atoms with Gasteiger partial charge in [-0.1, -0.05) is 18.2 Å². The molecule has 1 aromatic rings. The number of ether oxygens (including phenoxy) is 1. The average molecular weight is 237 g/mol. The third kappa shape index (κ3) is 3.75. The largest absolute Gasteiger partial charge is 0.508 e. The predicted octanol–water partition coefficient (Wildman–Crippen LogP) is 1.99. The Labute approximate surface area is 102 Å². The van der Waals surface area contributed by atoms with E-state index in [0.717, 1.165) is 0 Å². The molecule has 0 radical (unpaired) electrons. The Hall–Kier alpha value is -1.55. The smallest absolute Gasteiger partial charge is 0.327 e. The van der Waals surface area contributed by atoms with Crippen LogP contribution in [0.5, 0.6) is 5.75 Å². The zero-order chi connectivity index (χ0) is 12.8. The van der Waals surface area contributed by atoms with Crippen LogP contribution in [0, 0.1) is 0 Å². The minimum absolute atomic E-state index is 0.0960. The van der Waals surface area contributed by atoms with Gasteiger partial charge in [0.25, 0.3) is 0 Å². The van der Waals surface area contributed by atoms with Crippen molar-refractivity contribution in [2.75, 3.05) is 6.61 Å². The van der Waals surface area contributed by atoms with Crippen molar-refractivity contribution in [2.24, 2.45) is 0 Å². The van der Waals surface area contributed by atoms with Crippen molar-refractivity contribution < 1.29 is 14.6 Å². The van der Waals surface area contributed by atoms with Crippen LogP contribution in [0.4, 0.5) is 0 Å². The lowest BCUT2D eigenvalue weighted by atomic mass is 10.1. The average Bonchev–Trinajstić information content (AvgIpc) is 2.27. The van der Waals surface area contributed by atoms with Gasteiger partial charge in [-0.2, -0.15) is 0 Å². The molecule has 0 spiro atoms. The van der Waals surface area contributed by atoms with Crippen LogP contribution in [0.1, 0.15) is 32.4 Å². The van der Waals surface area contributed by atoms with Gasteiger partial charge in [0.15, 0.2) is 0 Å². The summed E-state index contributed by atoms with van der Waals surface area (Å²) in [6.45, 7) is 5.95. The van der Waals surface area contributed by atoms with Crippen LogP contribution >= 0.6 is 0 Å². The third-order valence-electron chi connectivity index (χ3n) is 2.27. The molecule has 1 unspecified atom stereocenters. The highest BCUT2D eigenvalue weighted by Gasteiger charge is 2.24. The van der Waals surface area contributed by atoms with Crippen molar-refractivity contribution in [1.29, 1.82) is 0 Å². The summed E-state index contributed by atoms with van der Waals surface area (Å²) >= 11 is 0. The molecule has 4 nitrogen and oxygen atoms in total. The number of phenols is 1. The van der Waals surface area contributed by atoms with Crippen LogP contribution < -0.4 is 5.32 Å². The summed E-state index contributed by atoms with van der Waals surface area (Å²) in [6, 6.07) is 6.26. The maximum atomic E-state index is 11.8. The summed E-state index contributed by atoms with van der Waals surface area (Å²) < 4.78 is 5.00. The number of nitrogens with one attached hydrogen (secondary N) is 1. The molecular weight excluding hydrogens is 218 g/mol. The van der Waals surface area contributed by atoms with Crippen molar-refractivity contribution in [2.45, 2.75) is 32.9 Å². The second-order valence-corrected chi connectivity index (χ2v) is 4.07. The summed E-state index contributed by atoms with van der Waals surface area (Å²) in [7, 11) is 0. The number of phenolic OH excluding ortho intramolecular Hbond substituents is 1. The van der Waals surface area contributed by atoms with E-state index >= 15 is 0 Å². The molecule has 0 aliphatic heterocycles. The monoisotopic (exact) mass is 237 g/mol. The standard InChI is InChI=1S/C13H19NO3/c1-4-17-13(16)12(14-9(2)3)10-7-5-6-8-11(10)15/h5-9,12,14-15H,4H2,1-3H3. The maximum Gasteiger partial charge on any atom is 0.327 e. The molecule has 0 bridgehead atoms. The van der Waals surface area contributed by atoms with Gasteiger partial charge in [-0.05, 0) is 26.8 Å². The Kier molecular flexibility index (Phi) is 4.97. The highest BCUT2D eigenvalue weighted by Crippen LogP contribution is 2.25. The predicted molar refractivity (Wildman–Crippen MR) is 65.8 cm³/mol. The maximum absolute atomic E-state index is 11.8. The van der Waals surface area contributed by atoms with Crippen molar-refractivity contribution >= 4 is 5.97 Å². The SMILES string of the molecule is CCOC(=O)C(NC(C)C)c1ccccc1O. The van der Waals surface area contributed by atoms with Crippen LogP contribution in [0.25, 0.3) is 0 Å². The molecule has 0 saturated carbocycles. The number of esters is 1. The zero-order valence-corrected chi connectivity index (χ0v) is 10.4. The molecule has 0 amide bonds. The van der Waals surface area contributed by atoms with Gasteiger partial charge in [0.05, 0.1) is 6.61 Å². The molecule has 94 valence electrons. The first kappa shape index (κ1) is 13.5. The van der Waals surface area contributed by atoms with E-state index in [1.165, 1.54) is 0 Å². The van der Waals surface area contributed by atoms with Crippen LogP contribution in [-0.4, -0.2) is 23.7 Å². The number of benzene rings is 1. The van der Waals surface area contributed by atoms with Gasteiger partial charge >= 0.3 is 5.97 Å². The molecule has 0 aliphatic rings. The number of para-hydroxylation sites is 1. The normalized spacial score (nSPS) is 12.5. The van der Waals surface area contributed by atoms with Gasteiger partial charge in [0.2, 0.25) is 0 Å². The lowest BCUT2D eigenvalue weighted by molar-refractivity contribution is -0.146. The quantitative estimate of drug-likeness (QED) is 0.769. The van der Waals surface area contributed by atoms with Gasteiger partial charge in [-0.25, -0.2) is 4.79 Å². The Morgan fingerprint density at radius 1 is 1.41 bits per heavy atom. The fraction of sp³-hybridized carbons (Fsp3) is 0.462. The van der Waals surface area contributed by atoms with Crippen LogP contribution in [0.15, 0.2) is 24.3 Å². The topological polar surface area (TPSA) is 58.6 Å². The van der Waals surface area contributed by atoms with E-state index in [9.17, 15) is 9.90 Å². The van der Waals surface area contributed by atoms with Crippen molar-refractivity contribution in [3.05, 3.63) is 29.8 Å². The number of hydrogen-bond donors (Lipinski definition) is 2. The molecule has 0 fully saturated rings. The molecule has 1 aromatic carbocycles. The summed E-state index contributed by atoms with van der Waals surface area (Å²) in [5.41, 5.74) is 0.541. The molecule has 1 atom stereocenters. The summed E-state index contributed by atoms with van der Waals surface area (Å²) in [4.78, 5) is 11.8. The summed E-state index contributed by atoms with van der Waals surface area (Å²) in [5, 5.41) is 12.9. The van der Waals surface area contributed by atoms with Gasteiger partial charge in [0, 0.05) is 11.6 Å². The minimum atomic E-state index is -0.629. The van der Waals surface area contributed by atoms with Crippen LogP contribution in [0.2, 0.25) is 0 Å². The van der Waals surface area contributed by atoms with E-state index in [1.54, 1.807) is 31.2 Å². The first-order valence-electron chi connectivity index (χ1n) is 5.76. The molecule has 0 heterocycles. The van der Waals surface area contributed by atoms with E-state index in [4.69, 9.17) is 4.74 Å². The molecule has 0 aromatic heterocycles. The lowest BCUT2D eigenvalue weighted by Crippen LogP contribution is -2.34.